The van der Waals surface area contributed by atoms with E-state index in [1.54, 1.807) is 0 Å². The van der Waals surface area contributed by atoms with Crippen molar-refractivity contribution in [3.8, 4) is 0 Å². The van der Waals surface area contributed by atoms with Gasteiger partial charge in [0.2, 0.25) is 5.91 Å². The summed E-state index contributed by atoms with van der Waals surface area (Å²) >= 11 is 0. The molecule has 0 radical (unpaired) electrons. The Morgan fingerprint density at radius 2 is 1.59 bits per heavy atom. The highest BCUT2D eigenvalue weighted by molar-refractivity contribution is 5.87. The van der Waals surface area contributed by atoms with Gasteiger partial charge in [0, 0.05) is 19.1 Å². The van der Waals surface area contributed by atoms with E-state index in [4.69, 9.17) is 4.74 Å². The van der Waals surface area contributed by atoms with Crippen molar-refractivity contribution in [2.75, 3.05) is 13.7 Å². The first-order valence-electron chi connectivity index (χ1n) is 11.1. The Morgan fingerprint density at radius 3 is 2.15 bits per heavy atom. The highest BCUT2D eigenvalue weighted by Crippen LogP contribution is 2.27. The number of halogens is 2. The third-order valence-corrected chi connectivity index (χ3v) is 6.12. The average molecular weight is 465 g/mol. The molecular weight excluding hydrogens is 438 g/mol. The average Bonchev–Trinajstić information content (AvgIpc) is 3.24. The van der Waals surface area contributed by atoms with Gasteiger partial charge in [-0.15, -0.1) is 0 Å². The molecule has 7 heteroatoms. The number of nitrogens with one attached hydrogen (secondary N) is 1. The van der Waals surface area contributed by atoms with Crippen LogP contribution >= 0.6 is 0 Å². The summed E-state index contributed by atoms with van der Waals surface area (Å²) in [5.74, 6) is -2.96. The molecule has 0 saturated carbocycles. The van der Waals surface area contributed by atoms with Crippen LogP contribution in [0.4, 0.5) is 8.78 Å². The van der Waals surface area contributed by atoms with E-state index in [0.29, 0.717) is 18.5 Å². The van der Waals surface area contributed by atoms with E-state index in [9.17, 15) is 18.4 Å². The topological polar surface area (TPSA) is 58.6 Å². The zero-order chi connectivity index (χ0) is 24.1. The van der Waals surface area contributed by atoms with Gasteiger partial charge in [-0.2, -0.15) is 0 Å². The van der Waals surface area contributed by atoms with Crippen LogP contribution in [0, 0.1) is 11.6 Å². The first kappa shape index (κ1) is 23.6. The Balaban J connectivity index is 1.53. The van der Waals surface area contributed by atoms with Gasteiger partial charge in [-0.3, -0.25) is 14.5 Å². The number of nitrogens with zero attached hydrogens (tertiary/aromatic N) is 1. The molecule has 176 valence electrons. The van der Waals surface area contributed by atoms with Gasteiger partial charge in [-0.05, 0) is 35.2 Å². The summed E-state index contributed by atoms with van der Waals surface area (Å²) in [6, 6.07) is 21.8. The lowest BCUT2D eigenvalue weighted by Gasteiger charge is -2.22. The molecule has 34 heavy (non-hydrogen) atoms. The van der Waals surface area contributed by atoms with Crippen LogP contribution in [0.15, 0.2) is 78.9 Å². The summed E-state index contributed by atoms with van der Waals surface area (Å²) in [5, 5.41) is 3.10. The number of esters is 1. The minimum absolute atomic E-state index is 0.166. The van der Waals surface area contributed by atoms with Gasteiger partial charge >= 0.3 is 5.97 Å². The lowest BCUT2D eigenvalue weighted by molar-refractivity contribution is -0.146. The van der Waals surface area contributed by atoms with Crippen molar-refractivity contribution in [3.05, 3.63) is 107 Å². The monoisotopic (exact) mass is 464 g/mol. The summed E-state index contributed by atoms with van der Waals surface area (Å²) < 4.78 is 32.0. The van der Waals surface area contributed by atoms with E-state index >= 15 is 0 Å². The van der Waals surface area contributed by atoms with Crippen LogP contribution in [0.25, 0.3) is 0 Å². The third-order valence-electron chi connectivity index (χ3n) is 6.12. The molecule has 0 unspecified atom stereocenters. The van der Waals surface area contributed by atoms with Crippen molar-refractivity contribution in [2.24, 2.45) is 0 Å². The van der Waals surface area contributed by atoms with E-state index in [1.807, 2.05) is 65.6 Å². The first-order chi connectivity index (χ1) is 16.5. The van der Waals surface area contributed by atoms with Crippen LogP contribution in [-0.2, 0) is 20.9 Å². The largest absolute Gasteiger partial charge is 0.468 e. The number of hydrogen-bond donors (Lipinski definition) is 1. The minimum Gasteiger partial charge on any atom is -0.468 e. The van der Waals surface area contributed by atoms with Gasteiger partial charge < -0.3 is 10.1 Å². The van der Waals surface area contributed by atoms with E-state index in [-0.39, 0.29) is 18.5 Å². The lowest BCUT2D eigenvalue weighted by atomic mass is 9.90. The van der Waals surface area contributed by atoms with Crippen molar-refractivity contribution < 1.29 is 23.1 Å². The number of methoxy groups -OCH3 is 1. The van der Waals surface area contributed by atoms with Crippen LogP contribution in [0.3, 0.4) is 0 Å². The van der Waals surface area contributed by atoms with Crippen molar-refractivity contribution in [1.29, 1.82) is 0 Å². The molecule has 1 aliphatic heterocycles. The molecule has 2 atom stereocenters. The van der Waals surface area contributed by atoms with Gasteiger partial charge in [0.25, 0.3) is 0 Å². The molecule has 3 aromatic rings. The summed E-state index contributed by atoms with van der Waals surface area (Å²) in [7, 11) is 1.31. The molecule has 0 bridgehead atoms. The van der Waals surface area contributed by atoms with Crippen LogP contribution < -0.4 is 5.32 Å². The SMILES string of the molecule is COC(=O)[C@@H]1C[C@@H](NC(=O)C(c2ccccc2)c2ccccc2)CN1Cc1ccc(F)c(F)c1. The second-order valence-corrected chi connectivity index (χ2v) is 8.41. The Bertz CT molecular complexity index is 1100. The van der Waals surface area contributed by atoms with Crippen molar-refractivity contribution >= 4 is 11.9 Å². The van der Waals surface area contributed by atoms with Gasteiger partial charge in [-0.25, -0.2) is 8.78 Å². The zero-order valence-electron chi connectivity index (χ0n) is 18.8. The summed E-state index contributed by atoms with van der Waals surface area (Å²) in [4.78, 5) is 27.7. The first-order valence-corrected chi connectivity index (χ1v) is 11.1. The van der Waals surface area contributed by atoms with Gasteiger partial charge in [0.15, 0.2) is 11.6 Å². The molecule has 0 aromatic heterocycles. The number of carbonyl (C=O) groups excluding carboxylic acids is 2. The summed E-state index contributed by atoms with van der Waals surface area (Å²) in [6.45, 7) is 0.602. The van der Waals surface area contributed by atoms with Crippen molar-refractivity contribution in [3.63, 3.8) is 0 Å². The highest BCUT2D eigenvalue weighted by atomic mass is 19.2. The second kappa shape index (κ2) is 10.6. The predicted octanol–water partition coefficient (Wildman–Crippen LogP) is 4.03. The molecule has 1 amide bonds. The maximum Gasteiger partial charge on any atom is 0.323 e. The number of rotatable bonds is 7. The highest BCUT2D eigenvalue weighted by Gasteiger charge is 2.39. The van der Waals surface area contributed by atoms with Gasteiger partial charge in [0.05, 0.1) is 13.0 Å². The third kappa shape index (κ3) is 5.31. The van der Waals surface area contributed by atoms with E-state index in [1.165, 1.54) is 13.2 Å². The molecule has 1 aliphatic rings. The maximum absolute atomic E-state index is 13.7. The Kier molecular flexibility index (Phi) is 7.33. The Hall–Kier alpha value is -3.58. The molecule has 1 N–H and O–H groups in total. The van der Waals surface area contributed by atoms with Crippen molar-refractivity contribution in [1.82, 2.24) is 10.2 Å². The van der Waals surface area contributed by atoms with E-state index < -0.39 is 29.6 Å². The molecular formula is C27H26F2N2O3. The maximum atomic E-state index is 13.7. The number of likely N-dealkylation sites (tertiary alicyclic amines) is 1. The number of benzene rings is 3. The van der Waals surface area contributed by atoms with Crippen LogP contribution in [-0.4, -0.2) is 42.5 Å². The second-order valence-electron chi connectivity index (χ2n) is 8.41. The lowest BCUT2D eigenvalue weighted by Crippen LogP contribution is -2.40. The Morgan fingerprint density at radius 1 is 0.971 bits per heavy atom. The van der Waals surface area contributed by atoms with Crippen LogP contribution in [0.1, 0.15) is 29.0 Å². The predicted molar refractivity (Wildman–Crippen MR) is 124 cm³/mol. The Labute approximate surface area is 197 Å². The fraction of sp³-hybridized carbons (Fsp3) is 0.259. The molecule has 4 rings (SSSR count). The van der Waals surface area contributed by atoms with Crippen molar-refractivity contribution in [2.45, 2.75) is 31.0 Å². The normalized spacial score (nSPS) is 18.1. The number of hydrogen-bond acceptors (Lipinski definition) is 4. The summed E-state index contributed by atoms with van der Waals surface area (Å²) in [5.41, 5.74) is 2.27. The molecule has 1 fully saturated rings. The minimum atomic E-state index is -0.940. The smallest absolute Gasteiger partial charge is 0.323 e. The fourth-order valence-electron chi connectivity index (χ4n) is 4.51. The molecule has 0 aliphatic carbocycles. The molecule has 1 heterocycles. The number of ether oxygens (including phenoxy) is 1. The van der Waals surface area contributed by atoms with Gasteiger partial charge in [-0.1, -0.05) is 66.7 Å². The molecule has 1 saturated heterocycles. The quantitative estimate of drug-likeness (QED) is 0.537. The number of carbonyl (C=O) groups is 2. The molecule has 3 aromatic carbocycles. The number of amides is 1. The van der Waals surface area contributed by atoms with Crippen LogP contribution in [0.5, 0.6) is 0 Å². The zero-order valence-corrected chi connectivity index (χ0v) is 18.8. The van der Waals surface area contributed by atoms with Crippen LogP contribution in [0.2, 0.25) is 0 Å². The van der Waals surface area contributed by atoms with Gasteiger partial charge in [0.1, 0.15) is 6.04 Å². The standard InChI is InChI=1S/C27H26F2N2O3/c1-34-27(33)24-15-21(17-31(24)16-18-12-13-22(28)23(29)14-18)30-26(32)25(19-8-4-2-5-9-19)20-10-6-3-7-11-20/h2-14,21,24-25H,15-17H2,1H3,(H,30,32)/t21-,24+/m1/s1. The molecule has 5 nitrogen and oxygen atoms in total. The molecule has 0 spiro atoms. The van der Waals surface area contributed by atoms with E-state index in [0.717, 1.165) is 23.3 Å². The van der Waals surface area contributed by atoms with E-state index in [2.05, 4.69) is 5.32 Å². The summed E-state index contributed by atoms with van der Waals surface area (Å²) in [6.07, 6.45) is 0.360. The fourth-order valence-corrected chi connectivity index (χ4v) is 4.51.